The molecule has 4 N–H and O–H groups in total. The molecule has 0 aliphatic carbocycles. The minimum Gasteiger partial charge on any atom is -0.497 e. The minimum atomic E-state index is -0.589. The summed E-state index contributed by atoms with van der Waals surface area (Å²) in [5, 5.41) is 13.0. The highest BCUT2D eigenvalue weighted by Crippen LogP contribution is 2.18. The average molecular weight is 252 g/mol. The van der Waals surface area contributed by atoms with E-state index in [0.29, 0.717) is 25.9 Å². The highest BCUT2D eigenvalue weighted by Gasteiger charge is 2.07. The number of nitrogens with two attached hydrogens (primary N) is 1. The Kier molecular flexibility index (Phi) is 6.18. The maximum atomic E-state index is 10.5. The number of carbonyl (C=O) groups is 1. The summed E-state index contributed by atoms with van der Waals surface area (Å²) in [6, 6.07) is 7.31. The van der Waals surface area contributed by atoms with Crippen molar-refractivity contribution in [3.8, 4) is 5.75 Å². The van der Waals surface area contributed by atoms with Crippen molar-refractivity contribution in [2.45, 2.75) is 18.9 Å². The van der Waals surface area contributed by atoms with Gasteiger partial charge in [-0.2, -0.15) is 0 Å². The van der Waals surface area contributed by atoms with Crippen LogP contribution in [0.3, 0.4) is 0 Å². The van der Waals surface area contributed by atoms with Crippen LogP contribution in [0, 0.1) is 0 Å². The van der Waals surface area contributed by atoms with Crippen molar-refractivity contribution in [2.24, 2.45) is 5.73 Å². The predicted octanol–water partition coefficient (Wildman–Crippen LogP) is 0.584. The van der Waals surface area contributed by atoms with E-state index >= 15 is 0 Å². The molecule has 18 heavy (non-hydrogen) atoms. The number of carbonyl (C=O) groups excluding carboxylic acids is 1. The number of nitrogens with one attached hydrogen (secondary N) is 1. The lowest BCUT2D eigenvalue weighted by molar-refractivity contribution is -0.118. The Morgan fingerprint density at radius 3 is 3.00 bits per heavy atom. The van der Waals surface area contributed by atoms with Crippen LogP contribution in [-0.2, 0) is 4.79 Å². The van der Waals surface area contributed by atoms with Crippen molar-refractivity contribution in [1.82, 2.24) is 5.32 Å². The molecule has 0 saturated heterocycles. The first-order chi connectivity index (χ1) is 8.63. The van der Waals surface area contributed by atoms with Gasteiger partial charge in [-0.15, -0.1) is 0 Å². The van der Waals surface area contributed by atoms with E-state index in [-0.39, 0.29) is 5.91 Å². The van der Waals surface area contributed by atoms with Crippen molar-refractivity contribution in [1.29, 1.82) is 0 Å². The zero-order chi connectivity index (χ0) is 13.4. The van der Waals surface area contributed by atoms with Gasteiger partial charge < -0.3 is 20.9 Å². The van der Waals surface area contributed by atoms with Crippen molar-refractivity contribution in [2.75, 3.05) is 20.2 Å². The molecule has 5 nitrogen and oxygen atoms in total. The Balaban J connectivity index is 2.31. The molecule has 1 rings (SSSR count). The molecule has 0 saturated carbocycles. The van der Waals surface area contributed by atoms with Gasteiger partial charge >= 0.3 is 0 Å². The maximum Gasteiger partial charge on any atom is 0.217 e. The second-order valence-corrected chi connectivity index (χ2v) is 4.07. The topological polar surface area (TPSA) is 84.6 Å². The molecule has 0 radical (unpaired) electrons. The normalized spacial score (nSPS) is 12.1. The molecule has 0 aliphatic rings. The van der Waals surface area contributed by atoms with Gasteiger partial charge in [0.1, 0.15) is 5.75 Å². The van der Waals surface area contributed by atoms with Crippen LogP contribution in [0.25, 0.3) is 0 Å². The Morgan fingerprint density at radius 1 is 1.56 bits per heavy atom. The number of benzene rings is 1. The molecule has 1 unspecified atom stereocenters. The molecule has 5 heteroatoms. The summed E-state index contributed by atoms with van der Waals surface area (Å²) in [6.07, 6.45) is 0.455. The molecule has 1 aromatic carbocycles. The van der Waals surface area contributed by atoms with E-state index in [0.717, 1.165) is 11.3 Å². The molecule has 0 aromatic heterocycles. The fraction of sp³-hybridized carbons (Fsp3) is 0.462. The largest absolute Gasteiger partial charge is 0.497 e. The second kappa shape index (κ2) is 7.68. The lowest BCUT2D eigenvalue weighted by atomic mass is 10.1. The Labute approximate surface area is 107 Å². The Hall–Kier alpha value is -1.59. The smallest absolute Gasteiger partial charge is 0.217 e. The third-order valence-electron chi connectivity index (χ3n) is 2.59. The van der Waals surface area contributed by atoms with Crippen molar-refractivity contribution in [3.63, 3.8) is 0 Å². The molecule has 1 aromatic rings. The monoisotopic (exact) mass is 252 g/mol. The van der Waals surface area contributed by atoms with E-state index in [1.807, 2.05) is 18.2 Å². The number of hydrogen-bond acceptors (Lipinski definition) is 4. The number of ether oxygens (including phenoxy) is 1. The minimum absolute atomic E-state index is 0.301. The second-order valence-electron chi connectivity index (χ2n) is 4.07. The third-order valence-corrected chi connectivity index (χ3v) is 2.59. The van der Waals surface area contributed by atoms with Gasteiger partial charge in [-0.3, -0.25) is 4.79 Å². The summed E-state index contributed by atoms with van der Waals surface area (Å²) in [5.74, 6) is 0.422. The number of hydrogen-bond donors (Lipinski definition) is 3. The van der Waals surface area contributed by atoms with Crippen molar-refractivity contribution in [3.05, 3.63) is 29.8 Å². The molecule has 1 amide bonds. The van der Waals surface area contributed by atoms with Crippen LogP contribution in [0.4, 0.5) is 0 Å². The van der Waals surface area contributed by atoms with Crippen LogP contribution in [0.15, 0.2) is 24.3 Å². The van der Waals surface area contributed by atoms with Crippen LogP contribution < -0.4 is 15.8 Å². The summed E-state index contributed by atoms with van der Waals surface area (Å²) in [6.45, 7) is 1.09. The van der Waals surface area contributed by atoms with E-state index in [1.54, 1.807) is 13.2 Å². The number of primary amides is 1. The predicted molar refractivity (Wildman–Crippen MR) is 69.3 cm³/mol. The lowest BCUT2D eigenvalue weighted by Crippen LogP contribution is -2.23. The summed E-state index contributed by atoms with van der Waals surface area (Å²) >= 11 is 0. The molecule has 1 atom stereocenters. The molecule has 0 bridgehead atoms. The number of methoxy groups -OCH3 is 1. The van der Waals surface area contributed by atoms with Crippen LogP contribution in [0.5, 0.6) is 5.75 Å². The van der Waals surface area contributed by atoms with Crippen LogP contribution in [-0.4, -0.2) is 31.2 Å². The van der Waals surface area contributed by atoms with Crippen LogP contribution in [0.1, 0.15) is 24.5 Å². The quantitative estimate of drug-likeness (QED) is 0.591. The van der Waals surface area contributed by atoms with Gasteiger partial charge in [0.05, 0.1) is 13.2 Å². The third kappa shape index (κ3) is 5.16. The fourth-order valence-electron chi connectivity index (χ4n) is 1.59. The standard InChI is InChI=1S/C13H20N2O3/c1-18-11-5-2-4-10(8-11)12(16)9-15-7-3-6-13(14)17/h2,4-5,8,12,15-16H,3,6-7,9H2,1H3,(H2,14,17). The van der Waals surface area contributed by atoms with E-state index in [4.69, 9.17) is 10.5 Å². The number of amides is 1. The molecule has 0 spiro atoms. The Bertz CT molecular complexity index is 382. The fourth-order valence-corrected chi connectivity index (χ4v) is 1.59. The molecular formula is C13H20N2O3. The van der Waals surface area contributed by atoms with Gasteiger partial charge in [-0.05, 0) is 30.7 Å². The molecule has 0 aliphatic heterocycles. The van der Waals surface area contributed by atoms with E-state index < -0.39 is 6.10 Å². The highest BCUT2D eigenvalue weighted by molar-refractivity contribution is 5.73. The maximum absolute atomic E-state index is 10.5. The zero-order valence-electron chi connectivity index (χ0n) is 10.6. The van der Waals surface area contributed by atoms with Gasteiger partial charge in [0.25, 0.3) is 0 Å². The van der Waals surface area contributed by atoms with Gasteiger partial charge in [-0.1, -0.05) is 12.1 Å². The van der Waals surface area contributed by atoms with E-state index in [9.17, 15) is 9.90 Å². The van der Waals surface area contributed by atoms with Crippen molar-refractivity contribution >= 4 is 5.91 Å². The summed E-state index contributed by atoms with van der Waals surface area (Å²) in [5.41, 5.74) is 5.83. The molecule has 0 fully saturated rings. The highest BCUT2D eigenvalue weighted by atomic mass is 16.5. The lowest BCUT2D eigenvalue weighted by Gasteiger charge is -2.13. The van der Waals surface area contributed by atoms with Gasteiger partial charge in [-0.25, -0.2) is 0 Å². The van der Waals surface area contributed by atoms with Crippen LogP contribution >= 0.6 is 0 Å². The number of rotatable bonds is 8. The number of aliphatic hydroxyl groups is 1. The zero-order valence-corrected chi connectivity index (χ0v) is 10.6. The van der Waals surface area contributed by atoms with Gasteiger partial charge in [0.2, 0.25) is 5.91 Å². The van der Waals surface area contributed by atoms with Crippen LogP contribution in [0.2, 0.25) is 0 Å². The first kappa shape index (κ1) is 14.5. The summed E-state index contributed by atoms with van der Waals surface area (Å²) < 4.78 is 5.09. The Morgan fingerprint density at radius 2 is 2.33 bits per heavy atom. The average Bonchev–Trinajstić information content (AvgIpc) is 2.37. The number of aliphatic hydroxyl groups excluding tert-OH is 1. The first-order valence-electron chi connectivity index (χ1n) is 5.94. The SMILES string of the molecule is COc1cccc(C(O)CNCCCC(N)=O)c1. The molecule has 100 valence electrons. The molecular weight excluding hydrogens is 232 g/mol. The summed E-state index contributed by atoms with van der Waals surface area (Å²) in [4.78, 5) is 10.5. The van der Waals surface area contributed by atoms with E-state index in [2.05, 4.69) is 5.32 Å². The first-order valence-corrected chi connectivity index (χ1v) is 5.94. The van der Waals surface area contributed by atoms with Gasteiger partial charge in [0.15, 0.2) is 0 Å². The van der Waals surface area contributed by atoms with Gasteiger partial charge in [0, 0.05) is 13.0 Å². The van der Waals surface area contributed by atoms with E-state index in [1.165, 1.54) is 0 Å². The summed E-state index contributed by atoms with van der Waals surface area (Å²) in [7, 11) is 1.59. The molecule has 0 heterocycles. The van der Waals surface area contributed by atoms with Crippen molar-refractivity contribution < 1.29 is 14.6 Å².